The van der Waals surface area contributed by atoms with Gasteiger partial charge in [0.2, 0.25) is 5.91 Å². The van der Waals surface area contributed by atoms with Gasteiger partial charge in [0, 0.05) is 13.0 Å². The molecule has 17 heavy (non-hydrogen) atoms. The fourth-order valence-electron chi connectivity index (χ4n) is 1.58. The molecule has 0 spiro atoms. The summed E-state index contributed by atoms with van der Waals surface area (Å²) in [6.45, 7) is 1.46. The number of halogens is 1. The van der Waals surface area contributed by atoms with Gasteiger partial charge in [-0.3, -0.25) is 9.69 Å². The highest BCUT2D eigenvalue weighted by Crippen LogP contribution is 2.35. The van der Waals surface area contributed by atoms with Gasteiger partial charge in [-0.05, 0) is 12.8 Å². The minimum absolute atomic E-state index is 0.0363. The summed E-state index contributed by atoms with van der Waals surface area (Å²) in [6.07, 6.45) is 1.88. The quantitative estimate of drug-likeness (QED) is 0.854. The highest BCUT2D eigenvalue weighted by molar-refractivity contribution is 7.17. The molecule has 5 nitrogen and oxygen atoms in total. The van der Waals surface area contributed by atoms with Crippen molar-refractivity contribution in [2.24, 2.45) is 0 Å². The SMILES string of the molecule is CC(=O)N(c1nc(CCl)c(C(=O)O)s1)C1CC1. The number of amides is 1. The average molecular weight is 275 g/mol. The molecule has 1 aliphatic rings. The average Bonchev–Trinajstić information content (AvgIpc) is 2.96. The van der Waals surface area contributed by atoms with Crippen LogP contribution in [0.15, 0.2) is 0 Å². The number of carboxylic acid groups (broad SMARTS) is 1. The van der Waals surface area contributed by atoms with E-state index in [0.29, 0.717) is 10.8 Å². The predicted octanol–water partition coefficient (Wildman–Crippen LogP) is 2.10. The van der Waals surface area contributed by atoms with Gasteiger partial charge in [0.25, 0.3) is 0 Å². The zero-order valence-electron chi connectivity index (χ0n) is 9.14. The normalized spacial score (nSPS) is 14.7. The molecule has 7 heteroatoms. The smallest absolute Gasteiger partial charge is 0.347 e. The Morgan fingerprint density at radius 1 is 1.59 bits per heavy atom. The Hall–Kier alpha value is -1.14. The monoisotopic (exact) mass is 274 g/mol. The summed E-state index contributed by atoms with van der Waals surface area (Å²) >= 11 is 6.65. The summed E-state index contributed by atoms with van der Waals surface area (Å²) < 4.78 is 0. The summed E-state index contributed by atoms with van der Waals surface area (Å²) in [5, 5.41) is 9.43. The molecule has 0 unspecified atom stereocenters. The van der Waals surface area contributed by atoms with E-state index >= 15 is 0 Å². The minimum atomic E-state index is -1.05. The maximum atomic E-state index is 11.5. The van der Waals surface area contributed by atoms with E-state index in [1.165, 1.54) is 6.92 Å². The topological polar surface area (TPSA) is 70.5 Å². The molecule has 2 rings (SSSR count). The van der Waals surface area contributed by atoms with Gasteiger partial charge in [-0.25, -0.2) is 9.78 Å². The number of hydrogen-bond acceptors (Lipinski definition) is 4. The largest absolute Gasteiger partial charge is 0.477 e. The number of thiazole rings is 1. The predicted molar refractivity (Wildman–Crippen MR) is 64.8 cm³/mol. The van der Waals surface area contributed by atoms with E-state index in [1.807, 2.05) is 0 Å². The second-order valence-electron chi connectivity index (χ2n) is 3.83. The van der Waals surface area contributed by atoms with Gasteiger partial charge in [0.1, 0.15) is 4.88 Å². The lowest BCUT2D eigenvalue weighted by atomic mass is 10.4. The molecule has 1 aromatic heterocycles. The van der Waals surface area contributed by atoms with Crippen molar-refractivity contribution in [3.63, 3.8) is 0 Å². The van der Waals surface area contributed by atoms with Crippen LogP contribution in [0.25, 0.3) is 0 Å². The van der Waals surface area contributed by atoms with Crippen LogP contribution >= 0.6 is 22.9 Å². The first kappa shape index (κ1) is 12.3. The van der Waals surface area contributed by atoms with Gasteiger partial charge in [0.05, 0.1) is 11.6 Å². The number of carbonyl (C=O) groups is 2. The van der Waals surface area contributed by atoms with Crippen molar-refractivity contribution in [2.75, 3.05) is 4.90 Å². The summed E-state index contributed by atoms with van der Waals surface area (Å²) in [4.78, 5) is 28.3. The van der Waals surface area contributed by atoms with E-state index < -0.39 is 5.97 Å². The zero-order valence-corrected chi connectivity index (χ0v) is 10.7. The molecule has 0 atom stereocenters. The third-order valence-electron chi connectivity index (χ3n) is 2.46. The first-order valence-electron chi connectivity index (χ1n) is 5.13. The number of nitrogens with zero attached hydrogens (tertiary/aromatic N) is 2. The Morgan fingerprint density at radius 3 is 2.59 bits per heavy atom. The maximum Gasteiger partial charge on any atom is 0.347 e. The molecule has 1 saturated carbocycles. The third-order valence-corrected chi connectivity index (χ3v) is 3.80. The van der Waals surface area contributed by atoms with Crippen molar-refractivity contribution in [3.05, 3.63) is 10.6 Å². The summed E-state index contributed by atoms with van der Waals surface area (Å²) in [7, 11) is 0. The van der Waals surface area contributed by atoms with Crippen LogP contribution in [0, 0.1) is 0 Å². The molecule has 0 aliphatic heterocycles. The number of alkyl halides is 1. The second-order valence-corrected chi connectivity index (χ2v) is 5.08. The Bertz CT molecular complexity index is 470. The highest BCUT2D eigenvalue weighted by atomic mass is 35.5. The first-order valence-corrected chi connectivity index (χ1v) is 6.48. The molecular weight excluding hydrogens is 264 g/mol. The Kier molecular flexibility index (Phi) is 3.35. The number of carbonyl (C=O) groups excluding carboxylic acids is 1. The van der Waals surface area contributed by atoms with Gasteiger partial charge in [-0.15, -0.1) is 11.6 Å². The van der Waals surface area contributed by atoms with Crippen molar-refractivity contribution in [2.45, 2.75) is 31.7 Å². The molecule has 1 amide bonds. The standard InChI is InChI=1S/C10H11ClN2O3S/c1-5(14)13(6-2-3-6)10-12-7(4-11)8(17-10)9(15)16/h6H,2-4H2,1H3,(H,15,16). The summed E-state index contributed by atoms with van der Waals surface area (Å²) in [5.74, 6) is -1.13. The molecule has 0 aromatic carbocycles. The van der Waals surface area contributed by atoms with E-state index in [-0.39, 0.29) is 22.7 Å². The van der Waals surface area contributed by atoms with E-state index in [4.69, 9.17) is 16.7 Å². The van der Waals surface area contributed by atoms with E-state index in [2.05, 4.69) is 4.98 Å². The van der Waals surface area contributed by atoms with Gasteiger partial charge >= 0.3 is 5.97 Å². The van der Waals surface area contributed by atoms with Crippen molar-refractivity contribution < 1.29 is 14.7 Å². The number of hydrogen-bond donors (Lipinski definition) is 1. The lowest BCUT2D eigenvalue weighted by Crippen LogP contribution is -2.30. The lowest BCUT2D eigenvalue weighted by molar-refractivity contribution is -0.116. The van der Waals surface area contributed by atoms with Crippen LogP contribution in [-0.2, 0) is 10.7 Å². The number of carboxylic acids is 1. The molecule has 1 aromatic rings. The van der Waals surface area contributed by atoms with Gasteiger partial charge < -0.3 is 5.11 Å². The summed E-state index contributed by atoms with van der Waals surface area (Å²) in [6, 6.07) is 0.170. The second kappa shape index (κ2) is 4.62. The van der Waals surface area contributed by atoms with E-state index in [9.17, 15) is 9.59 Å². The Morgan fingerprint density at radius 2 is 2.24 bits per heavy atom. The molecule has 0 bridgehead atoms. The van der Waals surface area contributed by atoms with Crippen LogP contribution in [0.3, 0.4) is 0 Å². The van der Waals surface area contributed by atoms with Crippen LogP contribution in [0.1, 0.15) is 35.1 Å². The Balaban J connectivity index is 2.37. The molecular formula is C10H11ClN2O3S. The molecule has 0 saturated heterocycles. The van der Waals surface area contributed by atoms with Crippen molar-refractivity contribution in [1.82, 2.24) is 4.98 Å². The summed E-state index contributed by atoms with van der Waals surface area (Å²) in [5.41, 5.74) is 0.325. The first-order chi connectivity index (χ1) is 8.04. The zero-order chi connectivity index (χ0) is 12.6. The van der Waals surface area contributed by atoms with Crippen molar-refractivity contribution >= 4 is 39.9 Å². The number of rotatable bonds is 4. The van der Waals surface area contributed by atoms with Crippen LogP contribution in [-0.4, -0.2) is 28.0 Å². The fourth-order valence-corrected chi connectivity index (χ4v) is 2.89. The highest BCUT2D eigenvalue weighted by Gasteiger charge is 2.34. The number of aromatic carboxylic acids is 1. The van der Waals surface area contributed by atoms with Crippen molar-refractivity contribution in [1.29, 1.82) is 0 Å². The Labute approximate surface area is 107 Å². The lowest BCUT2D eigenvalue weighted by Gasteiger charge is -2.16. The van der Waals surface area contributed by atoms with E-state index in [0.717, 1.165) is 24.2 Å². The molecule has 1 aliphatic carbocycles. The maximum absolute atomic E-state index is 11.5. The number of anilines is 1. The van der Waals surface area contributed by atoms with Crippen molar-refractivity contribution in [3.8, 4) is 0 Å². The van der Waals surface area contributed by atoms with E-state index in [1.54, 1.807) is 4.90 Å². The molecule has 92 valence electrons. The molecule has 0 radical (unpaired) electrons. The van der Waals surface area contributed by atoms with Gasteiger partial charge in [-0.2, -0.15) is 0 Å². The van der Waals surface area contributed by atoms with Crippen LogP contribution in [0.5, 0.6) is 0 Å². The van der Waals surface area contributed by atoms with Gasteiger partial charge in [0.15, 0.2) is 5.13 Å². The molecule has 1 heterocycles. The molecule has 1 N–H and O–H groups in total. The number of aromatic nitrogens is 1. The van der Waals surface area contributed by atoms with Gasteiger partial charge in [-0.1, -0.05) is 11.3 Å². The third kappa shape index (κ3) is 2.42. The minimum Gasteiger partial charge on any atom is -0.477 e. The fraction of sp³-hybridized carbons (Fsp3) is 0.500. The van der Waals surface area contributed by atoms with Crippen LogP contribution in [0.4, 0.5) is 5.13 Å². The van der Waals surface area contributed by atoms with Crippen LogP contribution in [0.2, 0.25) is 0 Å². The van der Waals surface area contributed by atoms with Crippen LogP contribution < -0.4 is 4.90 Å². The molecule has 1 fully saturated rings.